The summed E-state index contributed by atoms with van der Waals surface area (Å²) < 4.78 is 22.9. The molecule has 5 heteroatoms. The van der Waals surface area contributed by atoms with Gasteiger partial charge in [0, 0.05) is 0 Å². The maximum atomic E-state index is 12.4. The van der Waals surface area contributed by atoms with E-state index in [0.29, 0.717) is 13.2 Å². The monoisotopic (exact) mass is 260 g/mol. The Hall–Kier alpha value is -0.280. The third-order valence-electron chi connectivity index (χ3n) is 2.02. The molecule has 0 N–H and O–H groups in total. The molecule has 1 atom stereocenters. The minimum absolute atomic E-state index is 0.348. The first-order chi connectivity index (χ1) is 7.64. The van der Waals surface area contributed by atoms with Gasteiger partial charge in [0.1, 0.15) is 4.99 Å². The largest absolute Gasteiger partial charge is 0.347 e. The molecule has 16 heavy (non-hydrogen) atoms. The summed E-state index contributed by atoms with van der Waals surface area (Å²) in [6.45, 7) is 4.27. The summed E-state index contributed by atoms with van der Waals surface area (Å²) in [6.07, 6.45) is 0. The van der Waals surface area contributed by atoms with Gasteiger partial charge in [-0.2, -0.15) is 12.6 Å². The van der Waals surface area contributed by atoms with E-state index in [0.717, 1.165) is 5.56 Å². The minimum Gasteiger partial charge on any atom is -0.308 e. The van der Waals surface area contributed by atoms with Crippen LogP contribution >= 0.6 is 20.2 Å². The first kappa shape index (κ1) is 13.8. The fourth-order valence-corrected chi connectivity index (χ4v) is 3.53. The van der Waals surface area contributed by atoms with Crippen LogP contribution in [0, 0.1) is 0 Å². The smallest absolute Gasteiger partial charge is 0.308 e. The molecule has 0 aliphatic rings. The molecule has 0 bridgehead atoms. The van der Waals surface area contributed by atoms with Crippen LogP contribution in [0.25, 0.3) is 0 Å². The van der Waals surface area contributed by atoms with Crippen molar-refractivity contribution in [3.05, 3.63) is 35.9 Å². The Morgan fingerprint density at radius 3 is 2.12 bits per heavy atom. The van der Waals surface area contributed by atoms with Crippen molar-refractivity contribution >= 4 is 20.2 Å². The Bertz CT molecular complexity index is 346. The Balaban J connectivity index is 2.91. The molecule has 3 nitrogen and oxygen atoms in total. The van der Waals surface area contributed by atoms with Crippen LogP contribution in [0.5, 0.6) is 0 Å². The van der Waals surface area contributed by atoms with E-state index in [4.69, 9.17) is 9.05 Å². The van der Waals surface area contributed by atoms with Gasteiger partial charge in [0.15, 0.2) is 0 Å². The first-order valence-corrected chi connectivity index (χ1v) is 7.38. The van der Waals surface area contributed by atoms with E-state index < -0.39 is 12.6 Å². The zero-order chi connectivity index (χ0) is 12.0. The molecule has 1 unspecified atom stereocenters. The van der Waals surface area contributed by atoms with Crippen molar-refractivity contribution < 1.29 is 13.6 Å². The van der Waals surface area contributed by atoms with Crippen LogP contribution in [0.1, 0.15) is 24.4 Å². The highest BCUT2D eigenvalue weighted by atomic mass is 32.1. The molecule has 0 amide bonds. The van der Waals surface area contributed by atoms with Gasteiger partial charge in [-0.05, 0) is 19.4 Å². The molecule has 0 aromatic heterocycles. The van der Waals surface area contributed by atoms with Gasteiger partial charge < -0.3 is 9.05 Å². The van der Waals surface area contributed by atoms with Gasteiger partial charge in [0.05, 0.1) is 13.2 Å². The predicted molar refractivity (Wildman–Crippen MR) is 69.0 cm³/mol. The lowest BCUT2D eigenvalue weighted by atomic mass is 10.2. The Kier molecular flexibility index (Phi) is 5.56. The van der Waals surface area contributed by atoms with Crippen LogP contribution in [0.4, 0.5) is 0 Å². The highest BCUT2D eigenvalue weighted by Crippen LogP contribution is 2.62. The van der Waals surface area contributed by atoms with Crippen molar-refractivity contribution in [3.63, 3.8) is 0 Å². The number of benzene rings is 1. The number of hydrogen-bond donors (Lipinski definition) is 1. The fraction of sp³-hybridized carbons (Fsp3) is 0.455. The fourth-order valence-electron chi connectivity index (χ4n) is 1.35. The molecular formula is C11H17O3PS. The van der Waals surface area contributed by atoms with Crippen LogP contribution in [-0.2, 0) is 13.6 Å². The van der Waals surface area contributed by atoms with E-state index in [2.05, 4.69) is 12.6 Å². The summed E-state index contributed by atoms with van der Waals surface area (Å²) in [5.74, 6) is 0. The van der Waals surface area contributed by atoms with E-state index in [1.807, 2.05) is 30.3 Å². The number of hydrogen-bond acceptors (Lipinski definition) is 4. The van der Waals surface area contributed by atoms with Crippen molar-refractivity contribution in [1.82, 2.24) is 0 Å². The Morgan fingerprint density at radius 1 is 1.19 bits per heavy atom. The van der Waals surface area contributed by atoms with Crippen molar-refractivity contribution in [1.29, 1.82) is 0 Å². The molecule has 1 aromatic carbocycles. The molecule has 0 aliphatic heterocycles. The van der Waals surface area contributed by atoms with Crippen LogP contribution < -0.4 is 0 Å². The van der Waals surface area contributed by atoms with E-state index >= 15 is 0 Å². The lowest BCUT2D eigenvalue weighted by Crippen LogP contribution is -2.02. The molecule has 1 aromatic rings. The van der Waals surface area contributed by atoms with Gasteiger partial charge >= 0.3 is 7.60 Å². The molecule has 0 spiro atoms. The van der Waals surface area contributed by atoms with Crippen LogP contribution in [0.2, 0.25) is 0 Å². The van der Waals surface area contributed by atoms with Gasteiger partial charge in [-0.3, -0.25) is 4.57 Å². The van der Waals surface area contributed by atoms with Crippen molar-refractivity contribution in [2.75, 3.05) is 13.2 Å². The standard InChI is InChI=1S/C11H17O3PS/c1-3-13-15(12,14-4-2)11(16)10-8-6-5-7-9-10/h5-9,11,16H,3-4H2,1-2H3. The molecule has 90 valence electrons. The van der Waals surface area contributed by atoms with E-state index in [1.54, 1.807) is 13.8 Å². The van der Waals surface area contributed by atoms with Crippen LogP contribution in [0.15, 0.2) is 30.3 Å². The second kappa shape index (κ2) is 6.45. The second-order valence-electron chi connectivity index (χ2n) is 3.16. The second-order valence-corrected chi connectivity index (χ2v) is 6.20. The summed E-state index contributed by atoms with van der Waals surface area (Å²) in [7, 11) is -3.17. The summed E-state index contributed by atoms with van der Waals surface area (Å²) >= 11 is 4.36. The lowest BCUT2D eigenvalue weighted by molar-refractivity contribution is 0.218. The summed E-state index contributed by atoms with van der Waals surface area (Å²) in [4.78, 5) is -0.534. The van der Waals surface area contributed by atoms with Gasteiger partial charge in [-0.25, -0.2) is 0 Å². The maximum absolute atomic E-state index is 12.4. The number of thiol groups is 1. The van der Waals surface area contributed by atoms with Crippen LogP contribution in [-0.4, -0.2) is 13.2 Å². The van der Waals surface area contributed by atoms with Gasteiger partial charge in [-0.1, -0.05) is 30.3 Å². The minimum atomic E-state index is -3.17. The molecular weight excluding hydrogens is 243 g/mol. The third-order valence-corrected chi connectivity index (χ3v) is 5.30. The highest BCUT2D eigenvalue weighted by molar-refractivity contribution is 7.89. The van der Waals surface area contributed by atoms with Gasteiger partial charge in [0.2, 0.25) is 0 Å². The van der Waals surface area contributed by atoms with E-state index in [1.165, 1.54) is 0 Å². The van der Waals surface area contributed by atoms with Crippen molar-refractivity contribution in [2.24, 2.45) is 0 Å². The van der Waals surface area contributed by atoms with Crippen molar-refractivity contribution in [2.45, 2.75) is 18.8 Å². The van der Waals surface area contributed by atoms with E-state index in [9.17, 15) is 4.57 Å². The average Bonchev–Trinajstić information content (AvgIpc) is 2.30. The zero-order valence-electron chi connectivity index (χ0n) is 9.50. The third kappa shape index (κ3) is 3.36. The molecule has 0 radical (unpaired) electrons. The summed E-state index contributed by atoms with van der Waals surface area (Å²) in [6, 6.07) is 9.38. The maximum Gasteiger partial charge on any atom is 0.347 e. The van der Waals surface area contributed by atoms with Crippen LogP contribution in [0.3, 0.4) is 0 Å². The summed E-state index contributed by atoms with van der Waals surface area (Å²) in [5, 5.41) is 0. The average molecular weight is 260 g/mol. The molecule has 0 heterocycles. The predicted octanol–water partition coefficient (Wildman–Crippen LogP) is 3.88. The topological polar surface area (TPSA) is 35.5 Å². The number of rotatable bonds is 6. The van der Waals surface area contributed by atoms with E-state index in [-0.39, 0.29) is 0 Å². The summed E-state index contributed by atoms with van der Waals surface area (Å²) in [5.41, 5.74) is 0.844. The molecule has 0 saturated heterocycles. The zero-order valence-corrected chi connectivity index (χ0v) is 11.3. The molecule has 0 aliphatic carbocycles. The normalized spacial score (nSPS) is 13.7. The molecule has 0 saturated carbocycles. The van der Waals surface area contributed by atoms with Gasteiger partial charge in [0.25, 0.3) is 0 Å². The van der Waals surface area contributed by atoms with Crippen molar-refractivity contribution in [3.8, 4) is 0 Å². The quantitative estimate of drug-likeness (QED) is 0.622. The van der Waals surface area contributed by atoms with Gasteiger partial charge in [-0.15, -0.1) is 0 Å². The Labute approximate surface area is 102 Å². The SMILES string of the molecule is CCOP(=O)(OCC)C(S)c1ccccc1. The Morgan fingerprint density at radius 2 is 1.69 bits per heavy atom. The molecule has 1 rings (SSSR count). The molecule has 0 fully saturated rings. The highest BCUT2D eigenvalue weighted by Gasteiger charge is 2.33. The lowest BCUT2D eigenvalue weighted by Gasteiger charge is -2.22. The first-order valence-electron chi connectivity index (χ1n) is 5.26.